The number of nitrogens with zero attached hydrogens (tertiary/aromatic N) is 2. The maximum Gasteiger partial charge on any atom is 0.261 e. The second kappa shape index (κ2) is 9.41. The first-order chi connectivity index (χ1) is 15.0. The maximum atomic E-state index is 14.0. The van der Waals surface area contributed by atoms with Crippen molar-refractivity contribution in [3.8, 4) is 10.4 Å². The molecule has 7 heteroatoms. The molecule has 2 amide bonds. The van der Waals surface area contributed by atoms with Crippen LogP contribution in [-0.4, -0.2) is 54.8 Å². The highest BCUT2D eigenvalue weighted by atomic mass is 32.1. The lowest BCUT2D eigenvalue weighted by Gasteiger charge is -2.32. The van der Waals surface area contributed by atoms with Crippen molar-refractivity contribution in [3.63, 3.8) is 0 Å². The lowest BCUT2D eigenvalue weighted by Crippen LogP contribution is -2.47. The number of benzene rings is 2. The highest BCUT2D eigenvalue weighted by molar-refractivity contribution is 7.17. The first-order valence-electron chi connectivity index (χ1n) is 10.2. The molecule has 31 heavy (non-hydrogen) atoms. The number of piperazine rings is 1. The molecule has 0 radical (unpaired) electrons. The molecule has 0 unspecified atom stereocenters. The number of halogens is 1. The van der Waals surface area contributed by atoms with E-state index < -0.39 is 0 Å². The predicted molar refractivity (Wildman–Crippen MR) is 121 cm³/mol. The van der Waals surface area contributed by atoms with Crippen LogP contribution in [0.15, 0.2) is 60.7 Å². The van der Waals surface area contributed by atoms with E-state index in [1.807, 2.05) is 29.2 Å². The Morgan fingerprint density at radius 1 is 0.968 bits per heavy atom. The van der Waals surface area contributed by atoms with E-state index in [1.54, 1.807) is 30.3 Å². The third kappa shape index (κ3) is 5.00. The van der Waals surface area contributed by atoms with Crippen molar-refractivity contribution in [1.82, 2.24) is 15.1 Å². The Bertz CT molecular complexity index is 1070. The minimum atomic E-state index is -0.303. The molecule has 3 aromatic rings. The van der Waals surface area contributed by atoms with Gasteiger partial charge in [0.2, 0.25) is 0 Å². The summed E-state index contributed by atoms with van der Waals surface area (Å²) in [5.41, 5.74) is 2.06. The lowest BCUT2D eigenvalue weighted by atomic mass is 10.1. The number of carbonyl (C=O) groups excluding carboxylic acids is 2. The summed E-state index contributed by atoms with van der Waals surface area (Å²) in [6.45, 7) is 3.61. The maximum absolute atomic E-state index is 14.0. The second-order valence-electron chi connectivity index (χ2n) is 7.62. The monoisotopic (exact) mass is 437 g/mol. The third-order valence-corrected chi connectivity index (χ3v) is 6.53. The zero-order valence-electron chi connectivity index (χ0n) is 17.3. The summed E-state index contributed by atoms with van der Waals surface area (Å²) < 4.78 is 14.0. The second-order valence-corrected chi connectivity index (χ2v) is 8.70. The summed E-state index contributed by atoms with van der Waals surface area (Å²) in [7, 11) is 2.06. The van der Waals surface area contributed by atoms with Crippen LogP contribution in [0.4, 0.5) is 4.39 Å². The number of rotatable bonds is 5. The molecule has 2 heterocycles. The van der Waals surface area contributed by atoms with Crippen LogP contribution >= 0.6 is 11.3 Å². The molecule has 4 rings (SSSR count). The fraction of sp³-hybridized carbons (Fsp3) is 0.250. The topological polar surface area (TPSA) is 52.6 Å². The van der Waals surface area contributed by atoms with Gasteiger partial charge in [-0.1, -0.05) is 30.3 Å². The Balaban J connectivity index is 1.34. The number of amides is 2. The van der Waals surface area contributed by atoms with E-state index in [2.05, 4.69) is 17.3 Å². The van der Waals surface area contributed by atoms with E-state index in [1.165, 1.54) is 17.4 Å². The fourth-order valence-corrected chi connectivity index (χ4v) is 4.44. The number of likely N-dealkylation sites (N-methyl/N-ethyl adjacent to an activating group) is 1. The van der Waals surface area contributed by atoms with E-state index >= 15 is 0 Å². The average molecular weight is 438 g/mol. The van der Waals surface area contributed by atoms with Gasteiger partial charge in [-0.15, -0.1) is 11.3 Å². The van der Waals surface area contributed by atoms with Gasteiger partial charge in [0.15, 0.2) is 0 Å². The van der Waals surface area contributed by atoms with Crippen LogP contribution in [0.25, 0.3) is 10.4 Å². The molecule has 1 aromatic heterocycles. The van der Waals surface area contributed by atoms with Gasteiger partial charge >= 0.3 is 0 Å². The van der Waals surface area contributed by atoms with E-state index in [-0.39, 0.29) is 17.6 Å². The SMILES string of the molecule is CN1CCN(C(=O)c2ccc(CNC(=O)c3ccc(-c4ccccc4F)s3)cc2)CC1. The van der Waals surface area contributed by atoms with Gasteiger partial charge in [-0.05, 0) is 42.9 Å². The number of nitrogens with one attached hydrogen (secondary N) is 1. The Labute approximate surface area is 185 Å². The first-order valence-corrected chi connectivity index (χ1v) is 11.0. The summed E-state index contributed by atoms with van der Waals surface area (Å²) in [5.74, 6) is -0.462. The van der Waals surface area contributed by atoms with Crippen molar-refractivity contribution >= 4 is 23.2 Å². The van der Waals surface area contributed by atoms with Crippen LogP contribution in [0.3, 0.4) is 0 Å². The van der Waals surface area contributed by atoms with Crippen LogP contribution in [0.2, 0.25) is 0 Å². The molecular weight excluding hydrogens is 413 g/mol. The van der Waals surface area contributed by atoms with Gasteiger partial charge in [-0.3, -0.25) is 9.59 Å². The summed E-state index contributed by atoms with van der Waals surface area (Å²) in [4.78, 5) is 30.5. The van der Waals surface area contributed by atoms with E-state index in [0.717, 1.165) is 36.6 Å². The normalized spacial score (nSPS) is 14.5. The Morgan fingerprint density at radius 3 is 2.39 bits per heavy atom. The zero-order chi connectivity index (χ0) is 21.8. The molecule has 5 nitrogen and oxygen atoms in total. The number of hydrogen-bond donors (Lipinski definition) is 1. The van der Waals surface area contributed by atoms with Crippen molar-refractivity contribution in [2.45, 2.75) is 6.54 Å². The van der Waals surface area contributed by atoms with Crippen LogP contribution in [0.5, 0.6) is 0 Å². The van der Waals surface area contributed by atoms with Gasteiger partial charge in [-0.2, -0.15) is 0 Å². The molecule has 1 fully saturated rings. The number of hydrogen-bond acceptors (Lipinski definition) is 4. The molecule has 1 N–H and O–H groups in total. The van der Waals surface area contributed by atoms with Crippen LogP contribution < -0.4 is 5.32 Å². The quantitative estimate of drug-likeness (QED) is 0.659. The molecule has 1 aliphatic heterocycles. The minimum Gasteiger partial charge on any atom is -0.347 e. The van der Waals surface area contributed by atoms with Crippen molar-refractivity contribution < 1.29 is 14.0 Å². The van der Waals surface area contributed by atoms with Gasteiger partial charge in [-0.25, -0.2) is 4.39 Å². The van der Waals surface area contributed by atoms with Crippen LogP contribution in [-0.2, 0) is 6.54 Å². The largest absolute Gasteiger partial charge is 0.347 e. The highest BCUT2D eigenvalue weighted by Crippen LogP contribution is 2.30. The molecule has 0 saturated carbocycles. The fourth-order valence-electron chi connectivity index (χ4n) is 3.49. The number of carbonyl (C=O) groups is 2. The van der Waals surface area contributed by atoms with Crippen molar-refractivity contribution in [3.05, 3.63) is 82.5 Å². The van der Waals surface area contributed by atoms with Crippen molar-refractivity contribution in [2.24, 2.45) is 0 Å². The predicted octanol–water partition coefficient (Wildman–Crippen LogP) is 3.87. The Morgan fingerprint density at radius 2 is 1.68 bits per heavy atom. The molecule has 160 valence electrons. The van der Waals surface area contributed by atoms with Crippen LogP contribution in [0, 0.1) is 5.82 Å². The summed E-state index contributed by atoms with van der Waals surface area (Å²) in [6.07, 6.45) is 0. The summed E-state index contributed by atoms with van der Waals surface area (Å²) >= 11 is 1.26. The summed E-state index contributed by atoms with van der Waals surface area (Å²) in [5, 5.41) is 2.89. The standard InChI is InChI=1S/C24H24FN3O2S/c1-27-12-14-28(15-13-27)24(30)18-8-6-17(7-9-18)16-26-23(29)22-11-10-21(31-22)19-4-2-3-5-20(19)25/h2-11H,12-16H2,1H3,(H,26,29). The van der Waals surface area contributed by atoms with Gasteiger partial charge < -0.3 is 15.1 Å². The molecule has 0 bridgehead atoms. The minimum absolute atomic E-state index is 0.0444. The summed E-state index contributed by atoms with van der Waals surface area (Å²) in [6, 6.07) is 17.3. The average Bonchev–Trinajstić information content (AvgIpc) is 3.28. The van der Waals surface area contributed by atoms with Gasteiger partial charge in [0.1, 0.15) is 5.82 Å². The van der Waals surface area contributed by atoms with Crippen molar-refractivity contribution in [2.75, 3.05) is 33.2 Å². The molecule has 0 spiro atoms. The molecule has 2 aromatic carbocycles. The van der Waals surface area contributed by atoms with E-state index in [4.69, 9.17) is 0 Å². The Hall–Kier alpha value is -3.03. The van der Waals surface area contributed by atoms with Crippen LogP contribution in [0.1, 0.15) is 25.6 Å². The Kier molecular flexibility index (Phi) is 6.44. The molecule has 0 atom stereocenters. The zero-order valence-corrected chi connectivity index (χ0v) is 18.1. The third-order valence-electron chi connectivity index (χ3n) is 5.41. The van der Waals surface area contributed by atoms with Gasteiger partial charge in [0.05, 0.1) is 4.88 Å². The highest BCUT2D eigenvalue weighted by Gasteiger charge is 2.20. The molecular formula is C24H24FN3O2S. The first kappa shape index (κ1) is 21.2. The molecule has 0 aliphatic carbocycles. The lowest BCUT2D eigenvalue weighted by molar-refractivity contribution is 0.0664. The van der Waals surface area contributed by atoms with E-state index in [9.17, 15) is 14.0 Å². The number of thiophene rings is 1. The smallest absolute Gasteiger partial charge is 0.261 e. The molecule has 1 aliphatic rings. The van der Waals surface area contributed by atoms with Gasteiger partial charge in [0, 0.05) is 48.7 Å². The molecule has 1 saturated heterocycles. The van der Waals surface area contributed by atoms with Crippen molar-refractivity contribution in [1.29, 1.82) is 0 Å². The van der Waals surface area contributed by atoms with Gasteiger partial charge in [0.25, 0.3) is 11.8 Å². The van der Waals surface area contributed by atoms with E-state index in [0.29, 0.717) is 22.5 Å².